The Morgan fingerprint density at radius 1 is 0.750 bits per heavy atom. The summed E-state index contributed by atoms with van der Waals surface area (Å²) in [7, 11) is 0. The molecule has 0 radical (unpaired) electrons. The SMILES string of the molecule is CCCCCCC(CCCCCC)(C(=O)[O-])C(=O)[O-].[Ba+2]. The van der Waals surface area contributed by atoms with Gasteiger partial charge < -0.3 is 19.8 Å². The van der Waals surface area contributed by atoms with Gasteiger partial charge in [0, 0.05) is 5.41 Å². The minimum Gasteiger partial charge on any atom is -0.549 e. The fourth-order valence-corrected chi connectivity index (χ4v) is 2.32. The predicted molar refractivity (Wildman–Crippen MR) is 75.7 cm³/mol. The van der Waals surface area contributed by atoms with Crippen molar-refractivity contribution in [3.05, 3.63) is 0 Å². The molecule has 0 rings (SSSR count). The molecule has 0 atom stereocenters. The van der Waals surface area contributed by atoms with Crippen LogP contribution in [0, 0.1) is 5.41 Å². The van der Waals surface area contributed by atoms with E-state index in [0.717, 1.165) is 38.5 Å². The molecule has 0 N–H and O–H groups in total. The van der Waals surface area contributed by atoms with Gasteiger partial charge >= 0.3 is 48.9 Å². The molecule has 0 aliphatic heterocycles. The first kappa shape index (κ1) is 22.8. The molecule has 0 spiro atoms. The Bertz CT molecular complexity index is 251. The predicted octanol–water partition coefficient (Wildman–Crippen LogP) is 1.03. The summed E-state index contributed by atoms with van der Waals surface area (Å²) < 4.78 is 0. The molecular formula is C15H26BaO4. The van der Waals surface area contributed by atoms with Crippen molar-refractivity contribution in [3.63, 3.8) is 0 Å². The molecule has 112 valence electrons. The van der Waals surface area contributed by atoms with Crippen LogP contribution < -0.4 is 10.2 Å². The summed E-state index contributed by atoms with van der Waals surface area (Å²) >= 11 is 0. The van der Waals surface area contributed by atoms with Crippen LogP contribution in [0.3, 0.4) is 0 Å². The number of carbonyl (C=O) groups excluding carboxylic acids is 2. The molecule has 0 amide bonds. The molecule has 0 unspecified atom stereocenters. The average molecular weight is 408 g/mol. The molecule has 5 heteroatoms. The third kappa shape index (κ3) is 8.08. The van der Waals surface area contributed by atoms with E-state index in [4.69, 9.17) is 0 Å². The Morgan fingerprint density at radius 2 is 1.10 bits per heavy atom. The van der Waals surface area contributed by atoms with Crippen molar-refractivity contribution in [2.75, 3.05) is 0 Å². The Labute approximate surface area is 162 Å². The summed E-state index contributed by atoms with van der Waals surface area (Å²) in [6, 6.07) is 0. The van der Waals surface area contributed by atoms with Gasteiger partial charge in [0.25, 0.3) is 0 Å². The molecule has 0 heterocycles. The van der Waals surface area contributed by atoms with Crippen LogP contribution in [0.25, 0.3) is 0 Å². The van der Waals surface area contributed by atoms with E-state index in [-0.39, 0.29) is 61.7 Å². The summed E-state index contributed by atoms with van der Waals surface area (Å²) in [5.41, 5.74) is -1.79. The molecule has 0 fully saturated rings. The third-order valence-corrected chi connectivity index (χ3v) is 3.70. The van der Waals surface area contributed by atoms with E-state index in [1.807, 2.05) is 0 Å². The van der Waals surface area contributed by atoms with E-state index in [2.05, 4.69) is 13.8 Å². The zero-order valence-corrected chi connectivity index (χ0v) is 17.4. The second kappa shape index (κ2) is 13.2. The zero-order valence-electron chi connectivity index (χ0n) is 12.9. The quantitative estimate of drug-likeness (QED) is 0.275. The van der Waals surface area contributed by atoms with Gasteiger partial charge in [0.2, 0.25) is 0 Å². The second-order valence-electron chi connectivity index (χ2n) is 5.28. The van der Waals surface area contributed by atoms with Gasteiger partial charge in [-0.3, -0.25) is 0 Å². The molecule has 0 aliphatic carbocycles. The van der Waals surface area contributed by atoms with Gasteiger partial charge in [0.05, 0.1) is 11.9 Å². The van der Waals surface area contributed by atoms with Crippen molar-refractivity contribution in [1.29, 1.82) is 0 Å². The number of carboxylic acids is 2. The number of hydrogen-bond acceptors (Lipinski definition) is 4. The molecule has 0 saturated carbocycles. The van der Waals surface area contributed by atoms with Crippen molar-refractivity contribution >= 4 is 60.8 Å². The van der Waals surface area contributed by atoms with Crippen LogP contribution in [0.5, 0.6) is 0 Å². The van der Waals surface area contributed by atoms with Crippen LogP contribution >= 0.6 is 0 Å². The maximum absolute atomic E-state index is 11.3. The van der Waals surface area contributed by atoms with E-state index in [1.54, 1.807) is 0 Å². The Hall–Kier alpha value is 0.511. The molecule has 0 aromatic rings. The second-order valence-corrected chi connectivity index (χ2v) is 5.28. The van der Waals surface area contributed by atoms with Gasteiger partial charge in [-0.2, -0.15) is 0 Å². The molecule has 0 bridgehead atoms. The van der Waals surface area contributed by atoms with Gasteiger partial charge in [-0.25, -0.2) is 0 Å². The number of carbonyl (C=O) groups is 2. The molecule has 0 saturated heterocycles. The van der Waals surface area contributed by atoms with E-state index >= 15 is 0 Å². The number of rotatable bonds is 12. The van der Waals surface area contributed by atoms with Crippen LogP contribution in [0.2, 0.25) is 0 Å². The first-order chi connectivity index (χ1) is 9.01. The van der Waals surface area contributed by atoms with Crippen LogP contribution in [-0.2, 0) is 9.59 Å². The Morgan fingerprint density at radius 3 is 1.35 bits per heavy atom. The van der Waals surface area contributed by atoms with Crippen LogP contribution in [-0.4, -0.2) is 60.8 Å². The van der Waals surface area contributed by atoms with Crippen molar-refractivity contribution in [1.82, 2.24) is 0 Å². The number of unbranched alkanes of at least 4 members (excludes halogenated alkanes) is 6. The van der Waals surface area contributed by atoms with E-state index < -0.39 is 17.4 Å². The summed E-state index contributed by atoms with van der Waals surface area (Å²) in [4.78, 5) is 22.5. The average Bonchev–Trinajstić information content (AvgIpc) is 2.36. The van der Waals surface area contributed by atoms with Crippen LogP contribution in [0.15, 0.2) is 0 Å². The summed E-state index contributed by atoms with van der Waals surface area (Å²) in [6.45, 7) is 4.10. The van der Waals surface area contributed by atoms with Gasteiger partial charge in [0.1, 0.15) is 0 Å². The number of hydrogen-bond donors (Lipinski definition) is 0. The molecule has 20 heavy (non-hydrogen) atoms. The van der Waals surface area contributed by atoms with Gasteiger partial charge in [-0.15, -0.1) is 0 Å². The van der Waals surface area contributed by atoms with Crippen molar-refractivity contribution in [2.24, 2.45) is 5.41 Å². The van der Waals surface area contributed by atoms with Gasteiger partial charge in [0.15, 0.2) is 0 Å². The van der Waals surface area contributed by atoms with Crippen molar-refractivity contribution in [2.45, 2.75) is 78.1 Å². The standard InChI is InChI=1S/C15H28O4.Ba/c1-3-5-7-9-11-15(13(16)17,14(18)19)12-10-8-6-4-2;/h3-12H2,1-2H3,(H,16,17)(H,18,19);/q;+2/p-2. The monoisotopic (exact) mass is 408 g/mol. The first-order valence-corrected chi connectivity index (χ1v) is 7.44. The molecule has 0 aromatic heterocycles. The fourth-order valence-electron chi connectivity index (χ4n) is 2.32. The maximum atomic E-state index is 11.3. The van der Waals surface area contributed by atoms with Gasteiger partial charge in [-0.1, -0.05) is 65.2 Å². The van der Waals surface area contributed by atoms with Crippen molar-refractivity contribution < 1.29 is 19.8 Å². The van der Waals surface area contributed by atoms with E-state index in [9.17, 15) is 19.8 Å². The summed E-state index contributed by atoms with van der Waals surface area (Å²) in [5, 5.41) is 22.5. The third-order valence-electron chi connectivity index (χ3n) is 3.70. The Kier molecular flexibility index (Phi) is 15.0. The number of aliphatic carboxylic acids is 2. The van der Waals surface area contributed by atoms with E-state index in [1.165, 1.54) is 0 Å². The summed E-state index contributed by atoms with van der Waals surface area (Å²) in [5.74, 6) is -2.97. The Balaban J connectivity index is 0. The minimum absolute atomic E-state index is 0. The topological polar surface area (TPSA) is 80.3 Å². The fraction of sp³-hybridized carbons (Fsp3) is 0.867. The smallest absolute Gasteiger partial charge is 0.549 e. The minimum atomic E-state index is -1.79. The van der Waals surface area contributed by atoms with Gasteiger partial charge in [-0.05, 0) is 12.8 Å². The molecule has 4 nitrogen and oxygen atoms in total. The number of carboxylic acid groups (broad SMARTS) is 2. The summed E-state index contributed by atoms with van der Waals surface area (Å²) in [6.07, 6.45) is 7.21. The normalized spacial score (nSPS) is 10.9. The zero-order chi connectivity index (χ0) is 14.7. The molecular weight excluding hydrogens is 381 g/mol. The molecule has 0 aromatic carbocycles. The molecule has 0 aliphatic rings. The van der Waals surface area contributed by atoms with Crippen molar-refractivity contribution in [3.8, 4) is 0 Å². The maximum Gasteiger partial charge on any atom is 2.00 e. The van der Waals surface area contributed by atoms with Crippen LogP contribution in [0.1, 0.15) is 78.1 Å². The largest absolute Gasteiger partial charge is 2.00 e. The van der Waals surface area contributed by atoms with Crippen LogP contribution in [0.4, 0.5) is 0 Å². The van der Waals surface area contributed by atoms with E-state index in [0.29, 0.717) is 12.8 Å². The first-order valence-electron chi connectivity index (χ1n) is 7.44.